The molecule has 1 heterocycles. The third-order valence-electron chi connectivity index (χ3n) is 3.04. The van der Waals surface area contributed by atoms with Crippen molar-refractivity contribution < 1.29 is 4.79 Å². The van der Waals surface area contributed by atoms with Crippen LogP contribution in [-0.4, -0.2) is 36.4 Å². The minimum atomic E-state index is -0.407. The lowest BCUT2D eigenvalue weighted by Crippen LogP contribution is -2.38. The lowest BCUT2D eigenvalue weighted by atomic mass is 9.96. The quantitative estimate of drug-likeness (QED) is 0.631. The first kappa shape index (κ1) is 8.20. The molecule has 1 atom stereocenters. The molecular formula is C9H16N2O. The highest BCUT2D eigenvalue weighted by Gasteiger charge is 2.49. The second-order valence-corrected chi connectivity index (χ2v) is 4.27. The molecule has 1 unspecified atom stereocenters. The molecular weight excluding hydrogens is 152 g/mol. The Balaban J connectivity index is 1.97. The summed E-state index contributed by atoms with van der Waals surface area (Å²) in [7, 11) is 2.06. The van der Waals surface area contributed by atoms with Gasteiger partial charge in [-0.15, -0.1) is 0 Å². The van der Waals surface area contributed by atoms with Gasteiger partial charge in [0.2, 0.25) is 0 Å². The van der Waals surface area contributed by atoms with Crippen molar-refractivity contribution >= 4 is 5.78 Å². The zero-order valence-electron chi connectivity index (χ0n) is 7.55. The molecule has 3 nitrogen and oxygen atoms in total. The summed E-state index contributed by atoms with van der Waals surface area (Å²) in [6.07, 6.45) is 2.83. The Morgan fingerprint density at radius 2 is 2.25 bits per heavy atom. The second kappa shape index (κ2) is 2.54. The number of ketones is 1. The van der Waals surface area contributed by atoms with Gasteiger partial charge in [-0.1, -0.05) is 0 Å². The van der Waals surface area contributed by atoms with Crippen molar-refractivity contribution in [3.8, 4) is 0 Å². The van der Waals surface area contributed by atoms with Crippen molar-refractivity contribution in [3.63, 3.8) is 0 Å². The summed E-state index contributed by atoms with van der Waals surface area (Å²) >= 11 is 0. The Kier molecular flexibility index (Phi) is 1.73. The summed E-state index contributed by atoms with van der Waals surface area (Å²) in [4.78, 5) is 13.9. The normalized spacial score (nSPS) is 33.7. The first-order valence-electron chi connectivity index (χ1n) is 4.63. The Bertz CT molecular complexity index is 211. The smallest absolute Gasteiger partial charge is 0.157 e. The predicted octanol–water partition coefficient (Wildman–Crippen LogP) is -0.00150. The topological polar surface area (TPSA) is 46.3 Å². The molecule has 0 amide bonds. The maximum atomic E-state index is 11.7. The molecule has 0 aromatic carbocycles. The van der Waals surface area contributed by atoms with Crippen LogP contribution in [0.1, 0.15) is 19.3 Å². The van der Waals surface area contributed by atoms with E-state index in [1.54, 1.807) is 0 Å². The molecule has 2 aliphatic rings. The molecule has 68 valence electrons. The minimum Gasteiger partial charge on any atom is -0.319 e. The van der Waals surface area contributed by atoms with E-state index in [0.717, 1.165) is 32.4 Å². The van der Waals surface area contributed by atoms with E-state index in [1.807, 2.05) is 0 Å². The van der Waals surface area contributed by atoms with Gasteiger partial charge in [0.15, 0.2) is 5.78 Å². The summed E-state index contributed by atoms with van der Waals surface area (Å²) in [5.74, 6) is 0.536. The van der Waals surface area contributed by atoms with Gasteiger partial charge in [0, 0.05) is 12.5 Å². The third-order valence-corrected chi connectivity index (χ3v) is 3.04. The molecule has 0 aromatic heterocycles. The first-order valence-corrected chi connectivity index (χ1v) is 4.63. The molecule has 0 bridgehead atoms. The van der Waals surface area contributed by atoms with Crippen LogP contribution in [0.25, 0.3) is 0 Å². The standard InChI is InChI=1S/C9H16N2O/c1-11-5-2-7(6-11)8(12)9(10)3-4-9/h7H,2-6,10H2,1H3. The SMILES string of the molecule is CN1CCC(C(=O)C2(N)CC2)C1. The largest absolute Gasteiger partial charge is 0.319 e. The molecule has 0 spiro atoms. The van der Waals surface area contributed by atoms with E-state index in [9.17, 15) is 4.79 Å². The fourth-order valence-electron chi connectivity index (χ4n) is 1.94. The molecule has 12 heavy (non-hydrogen) atoms. The summed E-state index contributed by atoms with van der Waals surface area (Å²) in [6, 6.07) is 0. The van der Waals surface area contributed by atoms with Gasteiger partial charge < -0.3 is 10.6 Å². The molecule has 2 rings (SSSR count). The Labute approximate surface area is 72.9 Å². The van der Waals surface area contributed by atoms with Gasteiger partial charge in [-0.2, -0.15) is 0 Å². The number of nitrogens with two attached hydrogens (primary N) is 1. The highest BCUT2D eigenvalue weighted by atomic mass is 16.1. The fourth-order valence-corrected chi connectivity index (χ4v) is 1.94. The summed E-state index contributed by atoms with van der Waals surface area (Å²) < 4.78 is 0. The van der Waals surface area contributed by atoms with Crippen LogP contribution >= 0.6 is 0 Å². The van der Waals surface area contributed by atoms with Crippen molar-refractivity contribution in [2.75, 3.05) is 20.1 Å². The maximum Gasteiger partial charge on any atom is 0.157 e. The number of hydrogen-bond acceptors (Lipinski definition) is 3. The van der Waals surface area contributed by atoms with E-state index >= 15 is 0 Å². The molecule has 1 saturated carbocycles. The van der Waals surface area contributed by atoms with Crippen LogP contribution in [0.2, 0.25) is 0 Å². The van der Waals surface area contributed by atoms with Gasteiger partial charge in [0.25, 0.3) is 0 Å². The van der Waals surface area contributed by atoms with E-state index in [4.69, 9.17) is 5.73 Å². The van der Waals surface area contributed by atoms with E-state index in [2.05, 4.69) is 11.9 Å². The van der Waals surface area contributed by atoms with Crippen molar-refractivity contribution in [2.24, 2.45) is 11.7 Å². The summed E-state index contributed by atoms with van der Waals surface area (Å²) in [6.45, 7) is 1.96. The lowest BCUT2D eigenvalue weighted by molar-refractivity contribution is -0.124. The molecule has 2 fully saturated rings. The fraction of sp³-hybridized carbons (Fsp3) is 0.889. The zero-order chi connectivity index (χ0) is 8.77. The molecule has 1 aliphatic heterocycles. The number of Topliss-reactive ketones (excluding diaryl/α,β-unsaturated/α-hetero) is 1. The minimum absolute atomic E-state index is 0.225. The Morgan fingerprint density at radius 1 is 1.58 bits per heavy atom. The van der Waals surface area contributed by atoms with E-state index in [-0.39, 0.29) is 5.92 Å². The number of rotatable bonds is 2. The average molecular weight is 168 g/mol. The van der Waals surface area contributed by atoms with Gasteiger partial charge in [0.1, 0.15) is 0 Å². The Morgan fingerprint density at radius 3 is 2.67 bits per heavy atom. The molecule has 2 N–H and O–H groups in total. The van der Waals surface area contributed by atoms with Crippen molar-refractivity contribution in [1.82, 2.24) is 4.90 Å². The van der Waals surface area contributed by atoms with Crippen LogP contribution in [-0.2, 0) is 4.79 Å². The highest BCUT2D eigenvalue weighted by molar-refractivity contribution is 5.93. The van der Waals surface area contributed by atoms with Gasteiger partial charge in [-0.25, -0.2) is 0 Å². The average Bonchev–Trinajstić information content (AvgIpc) is 2.62. The molecule has 3 heteroatoms. The molecule has 0 radical (unpaired) electrons. The molecule has 0 aromatic rings. The van der Waals surface area contributed by atoms with E-state index < -0.39 is 5.54 Å². The number of hydrogen-bond donors (Lipinski definition) is 1. The summed E-state index contributed by atoms with van der Waals surface area (Å²) in [5, 5.41) is 0. The van der Waals surface area contributed by atoms with Crippen LogP contribution in [0.4, 0.5) is 0 Å². The first-order chi connectivity index (χ1) is 5.62. The third kappa shape index (κ3) is 1.27. The lowest BCUT2D eigenvalue weighted by Gasteiger charge is -2.13. The Hall–Kier alpha value is -0.410. The van der Waals surface area contributed by atoms with Crippen LogP contribution < -0.4 is 5.73 Å². The number of likely N-dealkylation sites (tertiary alicyclic amines) is 1. The van der Waals surface area contributed by atoms with Crippen molar-refractivity contribution in [1.29, 1.82) is 0 Å². The van der Waals surface area contributed by atoms with Gasteiger partial charge in [0.05, 0.1) is 5.54 Å². The number of nitrogens with zero attached hydrogens (tertiary/aromatic N) is 1. The molecule has 1 aliphatic carbocycles. The van der Waals surface area contributed by atoms with E-state index in [0.29, 0.717) is 5.78 Å². The molecule has 1 saturated heterocycles. The monoisotopic (exact) mass is 168 g/mol. The number of carbonyl (C=O) groups is 1. The van der Waals surface area contributed by atoms with Crippen LogP contribution in [0.5, 0.6) is 0 Å². The number of carbonyl (C=O) groups excluding carboxylic acids is 1. The van der Waals surface area contributed by atoms with Gasteiger partial charge >= 0.3 is 0 Å². The highest BCUT2D eigenvalue weighted by Crippen LogP contribution is 2.37. The predicted molar refractivity (Wildman–Crippen MR) is 46.8 cm³/mol. The van der Waals surface area contributed by atoms with Gasteiger partial charge in [-0.3, -0.25) is 4.79 Å². The second-order valence-electron chi connectivity index (χ2n) is 4.27. The van der Waals surface area contributed by atoms with E-state index in [1.165, 1.54) is 0 Å². The van der Waals surface area contributed by atoms with Crippen LogP contribution in [0, 0.1) is 5.92 Å². The van der Waals surface area contributed by atoms with Crippen molar-refractivity contribution in [3.05, 3.63) is 0 Å². The van der Waals surface area contributed by atoms with Crippen LogP contribution in [0.15, 0.2) is 0 Å². The summed E-state index contributed by atoms with van der Waals surface area (Å²) in [5.41, 5.74) is 5.44. The van der Waals surface area contributed by atoms with Crippen LogP contribution in [0.3, 0.4) is 0 Å². The zero-order valence-corrected chi connectivity index (χ0v) is 7.55. The van der Waals surface area contributed by atoms with Gasteiger partial charge in [-0.05, 0) is 32.9 Å². The maximum absolute atomic E-state index is 11.7. The van der Waals surface area contributed by atoms with Crippen molar-refractivity contribution in [2.45, 2.75) is 24.8 Å².